The van der Waals surface area contributed by atoms with Crippen LogP contribution < -0.4 is 5.32 Å². The highest BCUT2D eigenvalue weighted by Gasteiger charge is 2.28. The zero-order valence-electron chi connectivity index (χ0n) is 11.8. The topological polar surface area (TPSA) is 72.0 Å². The molecule has 1 saturated carbocycles. The SMILES string of the molecule is Cc1nc(C)c(-c2csc(NC(=O)C3CCC(=O)C3)n2)s1. The molecule has 21 heavy (non-hydrogen) atoms. The summed E-state index contributed by atoms with van der Waals surface area (Å²) >= 11 is 3.00. The Morgan fingerprint density at radius 2 is 2.19 bits per heavy atom. The van der Waals surface area contributed by atoms with Crippen LogP contribution in [0.25, 0.3) is 10.6 Å². The Morgan fingerprint density at radius 1 is 1.38 bits per heavy atom. The fourth-order valence-electron chi connectivity index (χ4n) is 2.45. The molecule has 2 aromatic heterocycles. The van der Waals surface area contributed by atoms with Crippen LogP contribution in [0, 0.1) is 19.8 Å². The van der Waals surface area contributed by atoms with Gasteiger partial charge in [-0.1, -0.05) is 0 Å². The van der Waals surface area contributed by atoms with Crippen LogP contribution >= 0.6 is 22.7 Å². The summed E-state index contributed by atoms with van der Waals surface area (Å²) in [5.74, 6) is -0.123. The zero-order chi connectivity index (χ0) is 15.0. The van der Waals surface area contributed by atoms with Crippen molar-refractivity contribution in [2.24, 2.45) is 5.92 Å². The van der Waals surface area contributed by atoms with Crippen LogP contribution in [-0.4, -0.2) is 21.7 Å². The van der Waals surface area contributed by atoms with Crippen molar-refractivity contribution < 1.29 is 9.59 Å². The number of nitrogens with zero attached hydrogens (tertiary/aromatic N) is 2. The molecule has 3 rings (SSSR count). The number of amides is 1. The minimum Gasteiger partial charge on any atom is -0.302 e. The standard InChI is InChI=1S/C14H15N3O2S2/c1-7-12(21-8(2)15-7)11-6-20-14(16-11)17-13(19)9-3-4-10(18)5-9/h6,9H,3-5H2,1-2H3,(H,16,17,19). The number of aryl methyl sites for hydroxylation is 2. The van der Waals surface area contributed by atoms with Crippen molar-refractivity contribution in [3.63, 3.8) is 0 Å². The number of rotatable bonds is 3. The molecule has 5 nitrogen and oxygen atoms in total. The zero-order valence-corrected chi connectivity index (χ0v) is 13.4. The second-order valence-electron chi connectivity index (χ2n) is 5.15. The molecular weight excluding hydrogens is 306 g/mol. The third-order valence-corrected chi connectivity index (χ3v) is 5.34. The van der Waals surface area contributed by atoms with E-state index in [0.29, 0.717) is 24.4 Å². The van der Waals surface area contributed by atoms with E-state index in [4.69, 9.17) is 0 Å². The van der Waals surface area contributed by atoms with E-state index < -0.39 is 0 Å². The highest BCUT2D eigenvalue weighted by Crippen LogP contribution is 2.32. The highest BCUT2D eigenvalue weighted by atomic mass is 32.1. The lowest BCUT2D eigenvalue weighted by Gasteiger charge is -2.06. The number of Topliss-reactive ketones (excluding diaryl/α,β-unsaturated/α-hetero) is 1. The predicted octanol–water partition coefficient (Wildman–Crippen LogP) is 3.19. The van der Waals surface area contributed by atoms with Crippen molar-refractivity contribution in [2.75, 3.05) is 5.32 Å². The number of carbonyl (C=O) groups excluding carboxylic acids is 2. The van der Waals surface area contributed by atoms with Crippen LogP contribution in [0.3, 0.4) is 0 Å². The van der Waals surface area contributed by atoms with E-state index >= 15 is 0 Å². The van der Waals surface area contributed by atoms with Gasteiger partial charge in [-0.2, -0.15) is 0 Å². The van der Waals surface area contributed by atoms with E-state index in [-0.39, 0.29) is 17.6 Å². The first kappa shape index (κ1) is 14.3. The van der Waals surface area contributed by atoms with Gasteiger partial charge in [0.1, 0.15) is 5.78 Å². The van der Waals surface area contributed by atoms with Crippen molar-refractivity contribution in [2.45, 2.75) is 33.1 Å². The lowest BCUT2D eigenvalue weighted by molar-refractivity contribution is -0.122. The fourth-order valence-corrected chi connectivity index (χ4v) is 4.11. The quantitative estimate of drug-likeness (QED) is 0.942. The summed E-state index contributed by atoms with van der Waals surface area (Å²) in [6, 6.07) is 0. The van der Waals surface area contributed by atoms with Gasteiger partial charge in [0.25, 0.3) is 0 Å². The molecule has 1 fully saturated rings. The van der Waals surface area contributed by atoms with E-state index in [1.807, 2.05) is 19.2 Å². The highest BCUT2D eigenvalue weighted by molar-refractivity contribution is 7.16. The van der Waals surface area contributed by atoms with Crippen molar-refractivity contribution in [3.8, 4) is 10.6 Å². The van der Waals surface area contributed by atoms with Gasteiger partial charge in [-0.25, -0.2) is 9.97 Å². The van der Waals surface area contributed by atoms with E-state index in [1.165, 1.54) is 11.3 Å². The Bertz CT molecular complexity index is 705. The van der Waals surface area contributed by atoms with Gasteiger partial charge in [0.15, 0.2) is 5.13 Å². The van der Waals surface area contributed by atoms with Gasteiger partial charge in [-0.3, -0.25) is 9.59 Å². The average molecular weight is 321 g/mol. The first-order valence-electron chi connectivity index (χ1n) is 6.75. The molecule has 0 aliphatic heterocycles. The number of hydrogen-bond acceptors (Lipinski definition) is 6. The smallest absolute Gasteiger partial charge is 0.229 e. The Labute approximate surface area is 130 Å². The first-order valence-corrected chi connectivity index (χ1v) is 8.45. The summed E-state index contributed by atoms with van der Waals surface area (Å²) in [5.41, 5.74) is 1.81. The van der Waals surface area contributed by atoms with Crippen LogP contribution in [0.1, 0.15) is 30.0 Å². The summed E-state index contributed by atoms with van der Waals surface area (Å²) in [6.45, 7) is 3.92. The van der Waals surface area contributed by atoms with Gasteiger partial charge < -0.3 is 5.32 Å². The number of aromatic nitrogens is 2. The molecule has 0 saturated heterocycles. The van der Waals surface area contributed by atoms with Gasteiger partial charge >= 0.3 is 0 Å². The monoisotopic (exact) mass is 321 g/mol. The number of thiazole rings is 2. The number of nitrogens with one attached hydrogen (secondary N) is 1. The van der Waals surface area contributed by atoms with Crippen molar-refractivity contribution in [1.29, 1.82) is 0 Å². The summed E-state index contributed by atoms with van der Waals surface area (Å²) in [7, 11) is 0. The molecule has 1 aliphatic carbocycles. The Morgan fingerprint density at radius 3 is 2.81 bits per heavy atom. The molecule has 0 spiro atoms. The Balaban J connectivity index is 1.72. The Hall–Kier alpha value is -1.60. The summed E-state index contributed by atoms with van der Waals surface area (Å²) in [4.78, 5) is 33.2. The fraction of sp³-hybridized carbons (Fsp3) is 0.429. The van der Waals surface area contributed by atoms with Gasteiger partial charge in [-0.05, 0) is 20.3 Å². The molecule has 0 radical (unpaired) electrons. The molecule has 1 N–H and O–H groups in total. The third kappa shape index (κ3) is 3.03. The summed E-state index contributed by atoms with van der Waals surface area (Å²) in [6.07, 6.45) is 1.52. The predicted molar refractivity (Wildman–Crippen MR) is 83.7 cm³/mol. The van der Waals surface area contributed by atoms with Crippen LogP contribution in [-0.2, 0) is 9.59 Å². The maximum Gasteiger partial charge on any atom is 0.229 e. The van der Waals surface area contributed by atoms with Gasteiger partial charge in [-0.15, -0.1) is 22.7 Å². The molecule has 2 heterocycles. The third-order valence-electron chi connectivity index (χ3n) is 3.49. The molecule has 1 atom stereocenters. The van der Waals surface area contributed by atoms with E-state index in [0.717, 1.165) is 21.3 Å². The van der Waals surface area contributed by atoms with E-state index in [9.17, 15) is 9.59 Å². The number of anilines is 1. The molecule has 1 amide bonds. The normalized spacial score (nSPS) is 18.2. The largest absolute Gasteiger partial charge is 0.302 e. The maximum absolute atomic E-state index is 12.1. The maximum atomic E-state index is 12.1. The number of carbonyl (C=O) groups is 2. The molecule has 0 aromatic carbocycles. The van der Waals surface area contributed by atoms with Crippen molar-refractivity contribution in [1.82, 2.24) is 9.97 Å². The molecular formula is C14H15N3O2S2. The van der Waals surface area contributed by atoms with E-state index in [1.54, 1.807) is 11.3 Å². The second kappa shape index (κ2) is 5.65. The van der Waals surface area contributed by atoms with Gasteiger partial charge in [0.2, 0.25) is 5.91 Å². The van der Waals surface area contributed by atoms with Crippen LogP contribution in [0.4, 0.5) is 5.13 Å². The van der Waals surface area contributed by atoms with Gasteiger partial charge in [0, 0.05) is 24.1 Å². The summed E-state index contributed by atoms with van der Waals surface area (Å²) in [5, 5.41) is 6.34. The molecule has 110 valence electrons. The minimum atomic E-state index is -0.197. The average Bonchev–Trinajstić information content (AvgIpc) is 3.10. The molecule has 0 bridgehead atoms. The van der Waals surface area contributed by atoms with Crippen molar-refractivity contribution in [3.05, 3.63) is 16.1 Å². The summed E-state index contributed by atoms with van der Waals surface area (Å²) < 4.78 is 0. The molecule has 7 heteroatoms. The number of ketones is 1. The minimum absolute atomic E-state index is 0.0982. The van der Waals surface area contributed by atoms with Crippen LogP contribution in [0.15, 0.2) is 5.38 Å². The molecule has 1 unspecified atom stereocenters. The Kier molecular flexibility index (Phi) is 3.86. The van der Waals surface area contributed by atoms with Crippen LogP contribution in [0.2, 0.25) is 0 Å². The molecule has 2 aromatic rings. The van der Waals surface area contributed by atoms with Crippen LogP contribution in [0.5, 0.6) is 0 Å². The van der Waals surface area contributed by atoms with Crippen molar-refractivity contribution >= 4 is 39.5 Å². The van der Waals surface area contributed by atoms with Gasteiger partial charge in [0.05, 0.1) is 21.3 Å². The lowest BCUT2D eigenvalue weighted by Crippen LogP contribution is -2.20. The van der Waals surface area contributed by atoms with E-state index in [2.05, 4.69) is 15.3 Å². The first-order chi connectivity index (χ1) is 10.0. The number of hydrogen-bond donors (Lipinski definition) is 1. The molecule has 1 aliphatic rings. The lowest BCUT2D eigenvalue weighted by atomic mass is 10.1. The second-order valence-corrected chi connectivity index (χ2v) is 7.21.